The fourth-order valence-electron chi connectivity index (χ4n) is 2.10. The summed E-state index contributed by atoms with van der Waals surface area (Å²) in [6.07, 6.45) is 3.29. The zero-order valence-electron chi connectivity index (χ0n) is 12.1. The molecule has 2 amide bonds. The quantitative estimate of drug-likeness (QED) is 0.778. The monoisotopic (exact) mass is 293 g/mol. The molecule has 0 unspecified atom stereocenters. The van der Waals surface area contributed by atoms with Crippen molar-refractivity contribution in [2.45, 2.75) is 6.92 Å². The second-order valence-corrected chi connectivity index (χ2v) is 4.63. The van der Waals surface area contributed by atoms with Crippen molar-refractivity contribution in [1.82, 2.24) is 20.3 Å². The van der Waals surface area contributed by atoms with E-state index in [-0.39, 0.29) is 6.03 Å². The number of nitrogens with one attached hydrogen (secondary N) is 2. The molecule has 3 aromatic rings. The van der Waals surface area contributed by atoms with Gasteiger partial charge >= 0.3 is 6.03 Å². The number of carbonyl (C=O) groups is 1. The van der Waals surface area contributed by atoms with Gasteiger partial charge in [-0.05, 0) is 13.0 Å². The number of hydrogen-bond donors (Lipinski definition) is 2. The molecule has 0 saturated heterocycles. The number of carbonyl (C=O) groups excluding carboxylic acids is 1. The molecule has 2 heterocycles. The van der Waals surface area contributed by atoms with Gasteiger partial charge in [0.25, 0.3) is 0 Å². The number of amides is 2. The fourth-order valence-corrected chi connectivity index (χ4v) is 2.10. The second-order valence-electron chi connectivity index (χ2n) is 4.63. The number of anilines is 1. The molecule has 3 rings (SSSR count). The van der Waals surface area contributed by atoms with Gasteiger partial charge < -0.3 is 5.32 Å². The van der Waals surface area contributed by atoms with E-state index < -0.39 is 0 Å². The van der Waals surface area contributed by atoms with E-state index in [1.54, 1.807) is 18.5 Å². The van der Waals surface area contributed by atoms with Crippen LogP contribution in [0.25, 0.3) is 22.3 Å². The largest absolute Gasteiger partial charge is 0.338 e. The van der Waals surface area contributed by atoms with E-state index in [0.717, 1.165) is 11.3 Å². The molecular weight excluding hydrogens is 278 g/mol. The van der Waals surface area contributed by atoms with Crippen molar-refractivity contribution in [3.63, 3.8) is 0 Å². The number of hydrogen-bond acceptors (Lipinski definition) is 4. The van der Waals surface area contributed by atoms with E-state index in [1.165, 1.54) is 0 Å². The SMILES string of the molecule is CCNC(=O)Nc1nccc2nc(-c3ccccc3)cnc12. The first-order valence-electron chi connectivity index (χ1n) is 7.00. The fraction of sp³-hybridized carbons (Fsp3) is 0.125. The van der Waals surface area contributed by atoms with Crippen LogP contribution in [0.3, 0.4) is 0 Å². The van der Waals surface area contributed by atoms with Crippen LogP contribution in [0, 0.1) is 0 Å². The van der Waals surface area contributed by atoms with Gasteiger partial charge in [0.05, 0.1) is 17.4 Å². The molecule has 0 fully saturated rings. The third-order valence-electron chi connectivity index (χ3n) is 3.10. The van der Waals surface area contributed by atoms with Crippen LogP contribution in [0.1, 0.15) is 6.92 Å². The molecule has 0 spiro atoms. The van der Waals surface area contributed by atoms with Crippen molar-refractivity contribution in [3.05, 3.63) is 48.8 Å². The van der Waals surface area contributed by atoms with Gasteiger partial charge in [-0.1, -0.05) is 30.3 Å². The van der Waals surface area contributed by atoms with Crippen LogP contribution >= 0.6 is 0 Å². The molecule has 110 valence electrons. The normalized spacial score (nSPS) is 10.4. The standard InChI is InChI=1S/C16H15N5O/c1-2-17-16(22)21-15-14-12(8-9-18-15)20-13(10-19-14)11-6-4-3-5-7-11/h3-10H,2H2,1H3,(H2,17,18,21,22). The lowest BCUT2D eigenvalue weighted by molar-refractivity contribution is 0.252. The minimum Gasteiger partial charge on any atom is -0.338 e. The minimum atomic E-state index is -0.309. The van der Waals surface area contributed by atoms with Crippen LogP contribution < -0.4 is 10.6 Å². The predicted octanol–water partition coefficient (Wildman–Crippen LogP) is 2.83. The highest BCUT2D eigenvalue weighted by Crippen LogP contribution is 2.21. The van der Waals surface area contributed by atoms with Crippen molar-refractivity contribution in [2.24, 2.45) is 0 Å². The smallest absolute Gasteiger partial charge is 0.320 e. The zero-order valence-corrected chi connectivity index (χ0v) is 12.1. The molecule has 0 radical (unpaired) electrons. The van der Waals surface area contributed by atoms with E-state index in [1.807, 2.05) is 37.3 Å². The number of urea groups is 1. The summed E-state index contributed by atoms with van der Waals surface area (Å²) in [6, 6.07) is 11.3. The van der Waals surface area contributed by atoms with Gasteiger partial charge in [-0.2, -0.15) is 0 Å². The summed E-state index contributed by atoms with van der Waals surface area (Å²) in [5.41, 5.74) is 3.02. The molecule has 2 N–H and O–H groups in total. The number of nitrogens with zero attached hydrogens (tertiary/aromatic N) is 3. The van der Waals surface area contributed by atoms with Crippen molar-refractivity contribution >= 4 is 22.9 Å². The van der Waals surface area contributed by atoms with Crippen molar-refractivity contribution in [3.8, 4) is 11.3 Å². The third kappa shape index (κ3) is 2.85. The number of benzene rings is 1. The first-order valence-corrected chi connectivity index (χ1v) is 7.00. The Morgan fingerprint density at radius 3 is 2.73 bits per heavy atom. The molecule has 0 aliphatic rings. The van der Waals surface area contributed by atoms with Gasteiger partial charge in [0.1, 0.15) is 5.52 Å². The highest BCUT2D eigenvalue weighted by atomic mass is 16.2. The maximum Gasteiger partial charge on any atom is 0.320 e. The number of rotatable bonds is 3. The highest BCUT2D eigenvalue weighted by molar-refractivity contribution is 5.96. The van der Waals surface area contributed by atoms with Crippen LogP contribution in [0.2, 0.25) is 0 Å². The van der Waals surface area contributed by atoms with E-state index in [9.17, 15) is 4.79 Å². The van der Waals surface area contributed by atoms with Gasteiger partial charge in [0.2, 0.25) is 0 Å². The molecule has 0 aliphatic heterocycles. The third-order valence-corrected chi connectivity index (χ3v) is 3.10. The molecule has 1 aromatic carbocycles. The molecule has 22 heavy (non-hydrogen) atoms. The molecule has 6 nitrogen and oxygen atoms in total. The molecule has 0 atom stereocenters. The molecule has 6 heteroatoms. The van der Waals surface area contributed by atoms with Gasteiger partial charge in [-0.3, -0.25) is 5.32 Å². The Morgan fingerprint density at radius 2 is 1.95 bits per heavy atom. The minimum absolute atomic E-state index is 0.309. The first kappa shape index (κ1) is 13.9. The summed E-state index contributed by atoms with van der Waals surface area (Å²) in [5.74, 6) is 0.399. The summed E-state index contributed by atoms with van der Waals surface area (Å²) in [4.78, 5) is 24.8. The summed E-state index contributed by atoms with van der Waals surface area (Å²) < 4.78 is 0. The van der Waals surface area contributed by atoms with Crippen molar-refractivity contribution in [1.29, 1.82) is 0 Å². The molecule has 2 aromatic heterocycles. The maximum absolute atomic E-state index is 11.6. The Balaban J connectivity index is 1.99. The van der Waals surface area contributed by atoms with E-state index in [2.05, 4.69) is 25.6 Å². The van der Waals surface area contributed by atoms with Crippen molar-refractivity contribution in [2.75, 3.05) is 11.9 Å². The Bertz CT molecular complexity index is 804. The Kier molecular flexibility index (Phi) is 3.91. The lowest BCUT2D eigenvalue weighted by atomic mass is 10.1. The summed E-state index contributed by atoms with van der Waals surface area (Å²) in [6.45, 7) is 2.39. The zero-order chi connectivity index (χ0) is 15.4. The summed E-state index contributed by atoms with van der Waals surface area (Å²) in [7, 11) is 0. The van der Waals surface area contributed by atoms with Crippen LogP contribution in [0.4, 0.5) is 10.6 Å². The second kappa shape index (κ2) is 6.17. The van der Waals surface area contributed by atoms with Gasteiger partial charge in [-0.15, -0.1) is 0 Å². The lowest BCUT2D eigenvalue weighted by Crippen LogP contribution is -2.28. The lowest BCUT2D eigenvalue weighted by Gasteiger charge is -2.08. The number of pyridine rings is 1. The van der Waals surface area contributed by atoms with E-state index >= 15 is 0 Å². The highest BCUT2D eigenvalue weighted by Gasteiger charge is 2.09. The topological polar surface area (TPSA) is 79.8 Å². The van der Waals surface area contributed by atoms with Crippen LogP contribution in [-0.4, -0.2) is 27.5 Å². The van der Waals surface area contributed by atoms with Crippen LogP contribution in [0.5, 0.6) is 0 Å². The van der Waals surface area contributed by atoms with Gasteiger partial charge in [0, 0.05) is 18.3 Å². The summed E-state index contributed by atoms with van der Waals surface area (Å²) in [5, 5.41) is 5.34. The molecule has 0 saturated carbocycles. The first-order chi connectivity index (χ1) is 10.8. The van der Waals surface area contributed by atoms with E-state index in [0.29, 0.717) is 23.4 Å². The number of aromatic nitrogens is 3. The van der Waals surface area contributed by atoms with Gasteiger partial charge in [0.15, 0.2) is 5.82 Å². The summed E-state index contributed by atoms with van der Waals surface area (Å²) >= 11 is 0. The average Bonchev–Trinajstić information content (AvgIpc) is 2.56. The maximum atomic E-state index is 11.6. The Morgan fingerprint density at radius 1 is 1.14 bits per heavy atom. The van der Waals surface area contributed by atoms with E-state index in [4.69, 9.17) is 0 Å². The molecule has 0 aliphatic carbocycles. The molecule has 0 bridgehead atoms. The van der Waals surface area contributed by atoms with Gasteiger partial charge in [-0.25, -0.2) is 19.7 Å². The number of fused-ring (bicyclic) bond motifs is 1. The Labute approximate surface area is 127 Å². The molecular formula is C16H15N5O. The van der Waals surface area contributed by atoms with Crippen LogP contribution in [0.15, 0.2) is 48.8 Å². The van der Waals surface area contributed by atoms with Crippen molar-refractivity contribution < 1.29 is 4.79 Å². The predicted molar refractivity (Wildman–Crippen MR) is 85.5 cm³/mol. The Hall–Kier alpha value is -3.02. The average molecular weight is 293 g/mol. The van der Waals surface area contributed by atoms with Crippen LogP contribution in [-0.2, 0) is 0 Å².